The predicted molar refractivity (Wildman–Crippen MR) is 118 cm³/mol. The molecule has 0 unspecified atom stereocenters. The van der Waals surface area contributed by atoms with Crippen LogP contribution in [0.15, 0.2) is 59.5 Å². The van der Waals surface area contributed by atoms with E-state index in [1.165, 1.54) is 10.4 Å². The molecule has 2 aromatic carbocycles. The van der Waals surface area contributed by atoms with Crippen LogP contribution in [0, 0.1) is 6.92 Å². The average molecular weight is 429 g/mol. The van der Waals surface area contributed by atoms with E-state index in [9.17, 15) is 13.2 Å². The van der Waals surface area contributed by atoms with Crippen molar-refractivity contribution in [2.45, 2.75) is 25.2 Å². The van der Waals surface area contributed by atoms with Gasteiger partial charge in [-0.15, -0.1) is 0 Å². The molecule has 2 aromatic rings. The van der Waals surface area contributed by atoms with Gasteiger partial charge in [-0.2, -0.15) is 4.31 Å². The second-order valence-electron chi connectivity index (χ2n) is 7.20. The second-order valence-corrected chi connectivity index (χ2v) is 9.14. The van der Waals surface area contributed by atoms with Crippen LogP contribution >= 0.6 is 0 Å². The number of hydrogen-bond donors (Lipinski definition) is 0. The lowest BCUT2D eigenvalue weighted by Crippen LogP contribution is -2.36. The minimum Gasteiger partial charge on any atom is -0.493 e. The summed E-state index contributed by atoms with van der Waals surface area (Å²) in [5.41, 5.74) is 1.85. The van der Waals surface area contributed by atoms with Crippen molar-refractivity contribution in [1.29, 1.82) is 0 Å². The van der Waals surface area contributed by atoms with Crippen LogP contribution in [0.1, 0.15) is 24.5 Å². The van der Waals surface area contributed by atoms with Gasteiger partial charge < -0.3 is 9.64 Å². The van der Waals surface area contributed by atoms with Gasteiger partial charge in [0.1, 0.15) is 5.75 Å². The van der Waals surface area contributed by atoms with Crippen LogP contribution in [0.3, 0.4) is 0 Å². The Kier molecular flexibility index (Phi) is 7.29. The number of rotatable bonds is 6. The molecule has 0 bridgehead atoms. The van der Waals surface area contributed by atoms with Crippen molar-refractivity contribution in [1.82, 2.24) is 9.21 Å². The fraction of sp³-hybridized carbons (Fsp3) is 0.348. The van der Waals surface area contributed by atoms with Gasteiger partial charge in [-0.1, -0.05) is 35.9 Å². The summed E-state index contributed by atoms with van der Waals surface area (Å²) >= 11 is 0. The maximum atomic E-state index is 12.9. The van der Waals surface area contributed by atoms with Crippen molar-refractivity contribution >= 4 is 22.0 Å². The fourth-order valence-electron chi connectivity index (χ4n) is 3.39. The first-order valence-electron chi connectivity index (χ1n) is 10.2. The van der Waals surface area contributed by atoms with Gasteiger partial charge in [0.15, 0.2) is 0 Å². The highest BCUT2D eigenvalue weighted by atomic mass is 32.2. The zero-order chi connectivity index (χ0) is 21.6. The van der Waals surface area contributed by atoms with Crippen molar-refractivity contribution in [3.63, 3.8) is 0 Å². The maximum Gasteiger partial charge on any atom is 0.246 e. The minimum absolute atomic E-state index is 0.129. The number of hydrogen-bond acceptors (Lipinski definition) is 4. The Bertz CT molecular complexity index is 1000. The highest BCUT2D eigenvalue weighted by Crippen LogP contribution is 2.21. The Labute approximate surface area is 178 Å². The Morgan fingerprint density at radius 2 is 1.77 bits per heavy atom. The number of nitrogens with zero attached hydrogens (tertiary/aromatic N) is 2. The van der Waals surface area contributed by atoms with Gasteiger partial charge in [-0.25, -0.2) is 8.42 Å². The predicted octanol–water partition coefficient (Wildman–Crippen LogP) is 3.33. The zero-order valence-electron chi connectivity index (χ0n) is 17.5. The zero-order valence-corrected chi connectivity index (χ0v) is 18.3. The molecule has 0 atom stereocenters. The molecule has 1 saturated heterocycles. The van der Waals surface area contributed by atoms with E-state index in [1.54, 1.807) is 35.2 Å². The van der Waals surface area contributed by atoms with E-state index in [0.717, 1.165) is 16.9 Å². The Morgan fingerprint density at radius 3 is 2.50 bits per heavy atom. The lowest BCUT2D eigenvalue weighted by Gasteiger charge is -2.21. The van der Waals surface area contributed by atoms with Gasteiger partial charge in [0.2, 0.25) is 15.9 Å². The van der Waals surface area contributed by atoms with Gasteiger partial charge in [0, 0.05) is 37.8 Å². The molecule has 1 aliphatic heterocycles. The minimum atomic E-state index is -3.56. The van der Waals surface area contributed by atoms with Crippen molar-refractivity contribution < 1.29 is 17.9 Å². The topological polar surface area (TPSA) is 66.9 Å². The molecule has 0 saturated carbocycles. The first-order valence-corrected chi connectivity index (χ1v) is 11.6. The van der Waals surface area contributed by atoms with Crippen LogP contribution in [0.2, 0.25) is 0 Å². The Balaban J connectivity index is 1.66. The molecule has 3 rings (SSSR count). The lowest BCUT2D eigenvalue weighted by atomic mass is 10.2. The molecule has 1 fully saturated rings. The van der Waals surface area contributed by atoms with Gasteiger partial charge in [0.05, 0.1) is 11.5 Å². The summed E-state index contributed by atoms with van der Waals surface area (Å²) in [5.74, 6) is 0.603. The summed E-state index contributed by atoms with van der Waals surface area (Å²) in [6.07, 6.45) is 3.88. The summed E-state index contributed by atoms with van der Waals surface area (Å²) in [6.45, 7) is 5.96. The van der Waals surface area contributed by atoms with Crippen LogP contribution in [0.25, 0.3) is 6.08 Å². The number of benzene rings is 2. The van der Waals surface area contributed by atoms with Gasteiger partial charge in [-0.3, -0.25) is 4.79 Å². The number of para-hydroxylation sites is 1. The quantitative estimate of drug-likeness (QED) is 0.662. The Morgan fingerprint density at radius 1 is 1.03 bits per heavy atom. The summed E-state index contributed by atoms with van der Waals surface area (Å²) in [4.78, 5) is 14.7. The summed E-state index contributed by atoms with van der Waals surface area (Å²) in [7, 11) is -3.56. The van der Waals surface area contributed by atoms with Crippen LogP contribution in [0.5, 0.6) is 5.75 Å². The Hall–Kier alpha value is -2.64. The molecule has 7 heteroatoms. The third kappa shape index (κ3) is 5.29. The second kappa shape index (κ2) is 9.91. The van der Waals surface area contributed by atoms with E-state index in [1.807, 2.05) is 38.1 Å². The number of carbonyl (C=O) groups is 1. The number of aryl methyl sites for hydroxylation is 1. The molecule has 6 nitrogen and oxygen atoms in total. The fourth-order valence-corrected chi connectivity index (χ4v) is 4.86. The molecule has 0 aromatic heterocycles. The first-order chi connectivity index (χ1) is 14.4. The smallest absolute Gasteiger partial charge is 0.246 e. The highest BCUT2D eigenvalue weighted by Gasteiger charge is 2.27. The van der Waals surface area contributed by atoms with Crippen molar-refractivity contribution in [3.05, 3.63) is 65.7 Å². The third-order valence-corrected chi connectivity index (χ3v) is 6.96. The van der Waals surface area contributed by atoms with Gasteiger partial charge in [-0.05, 0) is 44.5 Å². The SMILES string of the molecule is CCOc1ccccc1/C=C/C(=O)N1CCCN(S(=O)(=O)c2ccc(C)cc2)CC1. The number of amides is 1. The normalized spacial score (nSPS) is 15.9. The molecular weight excluding hydrogens is 400 g/mol. The molecule has 30 heavy (non-hydrogen) atoms. The van der Waals surface area contributed by atoms with Crippen molar-refractivity contribution in [2.75, 3.05) is 32.8 Å². The molecule has 1 aliphatic rings. The van der Waals surface area contributed by atoms with E-state index in [0.29, 0.717) is 37.6 Å². The summed E-state index contributed by atoms with van der Waals surface area (Å²) in [5, 5.41) is 0. The van der Waals surface area contributed by atoms with Gasteiger partial charge >= 0.3 is 0 Å². The molecule has 0 aliphatic carbocycles. The average Bonchev–Trinajstić information content (AvgIpc) is 3.00. The number of sulfonamides is 1. The molecule has 0 spiro atoms. The van der Waals surface area contributed by atoms with E-state index in [2.05, 4.69) is 0 Å². The number of ether oxygens (including phenoxy) is 1. The molecular formula is C23H28N2O4S. The van der Waals surface area contributed by atoms with Crippen molar-refractivity contribution in [2.24, 2.45) is 0 Å². The van der Waals surface area contributed by atoms with E-state index in [-0.39, 0.29) is 12.5 Å². The first kappa shape index (κ1) is 22.1. The van der Waals surface area contributed by atoms with Crippen molar-refractivity contribution in [3.8, 4) is 5.75 Å². The highest BCUT2D eigenvalue weighted by molar-refractivity contribution is 7.89. The molecule has 1 heterocycles. The third-order valence-electron chi connectivity index (χ3n) is 5.05. The van der Waals surface area contributed by atoms with Crippen LogP contribution < -0.4 is 4.74 Å². The maximum absolute atomic E-state index is 12.9. The summed E-state index contributed by atoms with van der Waals surface area (Å²) in [6, 6.07) is 14.4. The monoisotopic (exact) mass is 428 g/mol. The largest absolute Gasteiger partial charge is 0.493 e. The molecule has 160 valence electrons. The van der Waals surface area contributed by atoms with E-state index < -0.39 is 10.0 Å². The molecule has 1 amide bonds. The number of carbonyl (C=O) groups excluding carboxylic acids is 1. The van der Waals surface area contributed by atoms with E-state index in [4.69, 9.17) is 4.74 Å². The summed E-state index contributed by atoms with van der Waals surface area (Å²) < 4.78 is 32.9. The standard InChI is InChI=1S/C23H28N2O4S/c1-3-29-22-8-5-4-7-20(22)11-14-23(26)24-15-6-16-25(18-17-24)30(27,28)21-12-9-19(2)10-13-21/h4-5,7-14H,3,6,15-18H2,1-2H3/b14-11+. The molecule has 0 N–H and O–H groups in total. The van der Waals surface area contributed by atoms with Crippen LogP contribution in [-0.4, -0.2) is 56.3 Å². The van der Waals surface area contributed by atoms with E-state index >= 15 is 0 Å². The van der Waals surface area contributed by atoms with Gasteiger partial charge in [0.25, 0.3) is 0 Å². The lowest BCUT2D eigenvalue weighted by molar-refractivity contribution is -0.125. The van der Waals surface area contributed by atoms with Crippen LogP contribution in [-0.2, 0) is 14.8 Å². The van der Waals surface area contributed by atoms with Crippen LogP contribution in [0.4, 0.5) is 0 Å². The molecule has 0 radical (unpaired) electrons.